The predicted molar refractivity (Wildman–Crippen MR) is 96.8 cm³/mol. The Kier molecular flexibility index (Phi) is 5.28. The van der Waals surface area contributed by atoms with Gasteiger partial charge in [0, 0.05) is 31.7 Å². The van der Waals surface area contributed by atoms with Gasteiger partial charge >= 0.3 is 0 Å². The van der Waals surface area contributed by atoms with E-state index in [1.54, 1.807) is 6.92 Å². The summed E-state index contributed by atoms with van der Waals surface area (Å²) in [5, 5.41) is 9.76. The number of aromatic nitrogens is 2. The minimum atomic E-state index is -0.119. The number of para-hydroxylation sites is 1. The molecule has 1 aromatic carbocycles. The summed E-state index contributed by atoms with van der Waals surface area (Å²) in [5.74, 6) is 0.995. The summed E-state index contributed by atoms with van der Waals surface area (Å²) in [4.78, 5) is 21.9. The van der Waals surface area contributed by atoms with Crippen molar-refractivity contribution in [2.24, 2.45) is 11.7 Å². The van der Waals surface area contributed by atoms with E-state index in [0.29, 0.717) is 30.3 Å². The van der Waals surface area contributed by atoms with Crippen molar-refractivity contribution >= 4 is 12.0 Å². The second-order valence-corrected chi connectivity index (χ2v) is 6.54. The highest BCUT2D eigenvalue weighted by atomic mass is 16.3. The molecule has 2 aromatic rings. The molecular formula is C19H24N4O2. The lowest BCUT2D eigenvalue weighted by molar-refractivity contribution is 0.111. The third-order valence-corrected chi connectivity index (χ3v) is 4.88. The van der Waals surface area contributed by atoms with E-state index in [1.165, 1.54) is 11.3 Å². The molecule has 0 aliphatic carbocycles. The summed E-state index contributed by atoms with van der Waals surface area (Å²) < 4.78 is 0. The Morgan fingerprint density at radius 2 is 2.00 bits per heavy atom. The van der Waals surface area contributed by atoms with Crippen molar-refractivity contribution in [3.05, 3.63) is 47.0 Å². The molecule has 0 unspecified atom stereocenters. The highest BCUT2D eigenvalue weighted by Gasteiger charge is 2.22. The first-order valence-electron chi connectivity index (χ1n) is 8.67. The van der Waals surface area contributed by atoms with E-state index in [2.05, 4.69) is 33.1 Å². The van der Waals surface area contributed by atoms with Gasteiger partial charge in [-0.2, -0.15) is 0 Å². The average Bonchev–Trinajstić information content (AvgIpc) is 2.65. The second kappa shape index (κ2) is 7.61. The number of aromatic hydroxyl groups is 1. The Bertz CT molecular complexity index is 755. The molecule has 6 nitrogen and oxygen atoms in total. The van der Waals surface area contributed by atoms with E-state index in [9.17, 15) is 9.90 Å². The van der Waals surface area contributed by atoms with Crippen LogP contribution < -0.4 is 10.6 Å². The lowest BCUT2D eigenvalue weighted by Crippen LogP contribution is -2.35. The number of nitrogens with two attached hydrogens (primary N) is 1. The van der Waals surface area contributed by atoms with E-state index < -0.39 is 0 Å². The molecule has 1 fully saturated rings. The number of hydrogen-bond donors (Lipinski definition) is 2. The third kappa shape index (κ3) is 3.79. The Morgan fingerprint density at radius 1 is 1.28 bits per heavy atom. The number of aryl methyl sites for hydroxylation is 1. The van der Waals surface area contributed by atoms with Crippen molar-refractivity contribution in [2.75, 3.05) is 18.0 Å². The van der Waals surface area contributed by atoms with Crippen molar-refractivity contribution in [1.82, 2.24) is 9.97 Å². The number of benzene rings is 1. The van der Waals surface area contributed by atoms with Gasteiger partial charge in [-0.15, -0.1) is 0 Å². The molecule has 3 rings (SSSR count). The number of aldehydes is 1. The lowest BCUT2D eigenvalue weighted by atomic mass is 9.92. The van der Waals surface area contributed by atoms with Gasteiger partial charge in [-0.1, -0.05) is 18.2 Å². The second-order valence-electron chi connectivity index (χ2n) is 6.54. The van der Waals surface area contributed by atoms with Gasteiger partial charge in [0.1, 0.15) is 11.5 Å². The molecule has 1 aliphatic heterocycles. The zero-order valence-electron chi connectivity index (χ0n) is 14.5. The minimum Gasteiger partial charge on any atom is -0.504 e. The van der Waals surface area contributed by atoms with Crippen LogP contribution in [0, 0.1) is 12.8 Å². The van der Waals surface area contributed by atoms with Gasteiger partial charge in [0.25, 0.3) is 0 Å². The summed E-state index contributed by atoms with van der Waals surface area (Å²) >= 11 is 0. The predicted octanol–water partition coefficient (Wildman–Crippen LogP) is 2.22. The first-order chi connectivity index (χ1) is 12.1. The van der Waals surface area contributed by atoms with Crippen molar-refractivity contribution in [3.63, 3.8) is 0 Å². The molecule has 3 N–H and O–H groups in total. The van der Waals surface area contributed by atoms with E-state index >= 15 is 0 Å². The van der Waals surface area contributed by atoms with Crippen molar-refractivity contribution in [2.45, 2.75) is 32.7 Å². The molecule has 1 aromatic heterocycles. The van der Waals surface area contributed by atoms with Crippen LogP contribution in [0.3, 0.4) is 0 Å². The van der Waals surface area contributed by atoms with Gasteiger partial charge in [0.2, 0.25) is 0 Å². The first kappa shape index (κ1) is 17.4. The van der Waals surface area contributed by atoms with Crippen LogP contribution in [-0.2, 0) is 13.0 Å². The maximum Gasteiger partial charge on any atom is 0.172 e. The Morgan fingerprint density at radius 3 is 2.68 bits per heavy atom. The van der Waals surface area contributed by atoms with Crippen LogP contribution in [0.15, 0.2) is 24.3 Å². The van der Waals surface area contributed by atoms with Gasteiger partial charge < -0.3 is 15.7 Å². The highest BCUT2D eigenvalue weighted by molar-refractivity contribution is 5.76. The average molecular weight is 340 g/mol. The number of rotatable bonds is 5. The summed E-state index contributed by atoms with van der Waals surface area (Å²) in [6.07, 6.45) is 3.39. The van der Waals surface area contributed by atoms with Gasteiger partial charge in [-0.25, -0.2) is 9.97 Å². The third-order valence-electron chi connectivity index (χ3n) is 4.88. The first-order valence-corrected chi connectivity index (χ1v) is 8.67. The number of carbonyl (C=O) groups excluding carboxylic acids is 1. The fourth-order valence-corrected chi connectivity index (χ4v) is 3.45. The standard InChI is InChI=1S/C19H24N4O2/c1-13-19(25)16(12-24)22-18(21-13)10-14-6-8-23(9-7-14)17-5-3-2-4-15(17)11-20/h2-5,12,14,25H,6-11,20H2,1H3. The summed E-state index contributed by atoms with van der Waals surface area (Å²) in [6, 6.07) is 8.28. The molecule has 6 heteroatoms. The van der Waals surface area contributed by atoms with E-state index in [4.69, 9.17) is 5.73 Å². The molecule has 1 aliphatic rings. The maximum absolute atomic E-state index is 11.0. The fourth-order valence-electron chi connectivity index (χ4n) is 3.45. The van der Waals surface area contributed by atoms with Gasteiger partial charge in [-0.3, -0.25) is 4.79 Å². The summed E-state index contributed by atoms with van der Waals surface area (Å²) in [7, 11) is 0. The molecule has 0 amide bonds. The van der Waals surface area contributed by atoms with Gasteiger partial charge in [0.15, 0.2) is 12.0 Å². The van der Waals surface area contributed by atoms with Crippen LogP contribution in [0.4, 0.5) is 5.69 Å². The number of anilines is 1. The van der Waals surface area contributed by atoms with Gasteiger partial charge in [0.05, 0.1) is 5.69 Å². The number of nitrogens with zero attached hydrogens (tertiary/aromatic N) is 3. The molecule has 0 atom stereocenters. The molecule has 0 radical (unpaired) electrons. The Balaban J connectivity index is 1.65. The zero-order chi connectivity index (χ0) is 17.8. The normalized spacial score (nSPS) is 15.4. The zero-order valence-corrected chi connectivity index (χ0v) is 14.5. The quantitative estimate of drug-likeness (QED) is 0.811. The monoisotopic (exact) mass is 340 g/mol. The SMILES string of the molecule is Cc1nc(CC2CCN(c3ccccc3CN)CC2)nc(C=O)c1O. The lowest BCUT2D eigenvalue weighted by Gasteiger charge is -2.34. The fraction of sp³-hybridized carbons (Fsp3) is 0.421. The molecule has 0 saturated carbocycles. The van der Waals surface area contributed by atoms with Crippen LogP contribution >= 0.6 is 0 Å². The van der Waals surface area contributed by atoms with Gasteiger partial charge in [-0.05, 0) is 37.3 Å². The summed E-state index contributed by atoms with van der Waals surface area (Å²) in [6.45, 7) is 4.18. The van der Waals surface area contributed by atoms with Crippen LogP contribution in [-0.4, -0.2) is 34.5 Å². The Hall–Kier alpha value is -2.47. The van der Waals surface area contributed by atoms with E-state index in [1.807, 2.05) is 6.07 Å². The molecule has 0 bridgehead atoms. The van der Waals surface area contributed by atoms with E-state index in [0.717, 1.165) is 32.4 Å². The molecule has 132 valence electrons. The molecule has 25 heavy (non-hydrogen) atoms. The Labute approximate surface area is 147 Å². The molecule has 0 spiro atoms. The smallest absolute Gasteiger partial charge is 0.172 e. The van der Waals surface area contributed by atoms with E-state index in [-0.39, 0.29) is 11.4 Å². The number of piperidine rings is 1. The number of hydrogen-bond acceptors (Lipinski definition) is 6. The molecular weight excluding hydrogens is 316 g/mol. The minimum absolute atomic E-state index is 0.0804. The topological polar surface area (TPSA) is 92.3 Å². The van der Waals surface area contributed by atoms with Crippen LogP contribution in [0.1, 0.15) is 40.4 Å². The van der Waals surface area contributed by atoms with Crippen LogP contribution in [0.25, 0.3) is 0 Å². The van der Waals surface area contributed by atoms with Crippen molar-refractivity contribution in [3.8, 4) is 5.75 Å². The van der Waals surface area contributed by atoms with Crippen molar-refractivity contribution < 1.29 is 9.90 Å². The van der Waals surface area contributed by atoms with Crippen LogP contribution in [0.5, 0.6) is 5.75 Å². The largest absolute Gasteiger partial charge is 0.504 e. The van der Waals surface area contributed by atoms with Crippen LogP contribution in [0.2, 0.25) is 0 Å². The molecule has 1 saturated heterocycles. The number of carbonyl (C=O) groups is 1. The molecule has 2 heterocycles. The maximum atomic E-state index is 11.0. The van der Waals surface area contributed by atoms with Crippen molar-refractivity contribution in [1.29, 1.82) is 0 Å². The summed E-state index contributed by atoms with van der Waals surface area (Å²) in [5.41, 5.74) is 8.79. The highest BCUT2D eigenvalue weighted by Crippen LogP contribution is 2.28.